The third kappa shape index (κ3) is 7.62. The Morgan fingerprint density at radius 3 is 2.70 bits per heavy atom. The van der Waals surface area contributed by atoms with Crippen molar-refractivity contribution in [1.29, 1.82) is 0 Å². The highest BCUT2D eigenvalue weighted by Gasteiger charge is 1.96. The van der Waals surface area contributed by atoms with Crippen molar-refractivity contribution in [2.75, 3.05) is 19.6 Å². The first-order valence-corrected chi connectivity index (χ1v) is 7.54. The molecule has 0 bridgehead atoms. The summed E-state index contributed by atoms with van der Waals surface area (Å²) < 4.78 is 0. The quantitative estimate of drug-likeness (QED) is 0.330. The zero-order chi connectivity index (χ0) is 14.5. The zero-order valence-electron chi connectivity index (χ0n) is 12.7. The predicted molar refractivity (Wildman–Crippen MR) is 88.2 cm³/mol. The van der Waals surface area contributed by atoms with Crippen molar-refractivity contribution in [3.8, 4) is 0 Å². The summed E-state index contributed by atoms with van der Waals surface area (Å²) in [4.78, 5) is 4.60. The summed E-state index contributed by atoms with van der Waals surface area (Å²) in [6.45, 7) is 6.81. The highest BCUT2D eigenvalue weighted by atomic mass is 15.2. The first kappa shape index (κ1) is 16.3. The second-order valence-electron chi connectivity index (χ2n) is 4.63. The SMILES string of the molecule is C/C=C/CCNC(=NCCCc1ccccc1)NCC. The molecular formula is C17H27N3. The molecule has 0 aliphatic heterocycles. The standard InChI is InChI=1S/C17H27N3/c1-3-5-9-14-19-17(18-4-2)20-15-10-13-16-11-7-6-8-12-16/h3,5-8,11-12H,4,9-10,13-15H2,1-2H3,(H2,18,19,20)/b5-3+. The van der Waals surface area contributed by atoms with Gasteiger partial charge in [0, 0.05) is 19.6 Å². The van der Waals surface area contributed by atoms with Gasteiger partial charge in [0.25, 0.3) is 0 Å². The first-order chi connectivity index (χ1) is 9.86. The fourth-order valence-electron chi connectivity index (χ4n) is 1.90. The van der Waals surface area contributed by atoms with Gasteiger partial charge >= 0.3 is 0 Å². The van der Waals surface area contributed by atoms with Crippen LogP contribution in [0.5, 0.6) is 0 Å². The Hall–Kier alpha value is -1.77. The van der Waals surface area contributed by atoms with E-state index in [1.165, 1.54) is 5.56 Å². The number of hydrogen-bond donors (Lipinski definition) is 2. The summed E-state index contributed by atoms with van der Waals surface area (Å²) in [7, 11) is 0. The number of nitrogens with zero attached hydrogens (tertiary/aromatic N) is 1. The van der Waals surface area contributed by atoms with Crippen molar-refractivity contribution in [2.45, 2.75) is 33.1 Å². The molecule has 0 unspecified atom stereocenters. The number of hydrogen-bond acceptors (Lipinski definition) is 1. The molecule has 1 aromatic rings. The number of benzene rings is 1. The van der Waals surface area contributed by atoms with Gasteiger partial charge in [0.15, 0.2) is 5.96 Å². The number of nitrogens with one attached hydrogen (secondary N) is 2. The van der Waals surface area contributed by atoms with E-state index >= 15 is 0 Å². The van der Waals surface area contributed by atoms with E-state index < -0.39 is 0 Å². The molecular weight excluding hydrogens is 246 g/mol. The molecule has 0 saturated carbocycles. The molecule has 1 aromatic carbocycles. The molecule has 2 N–H and O–H groups in total. The molecule has 0 aliphatic carbocycles. The fraction of sp³-hybridized carbons (Fsp3) is 0.471. The number of aryl methyl sites for hydroxylation is 1. The van der Waals surface area contributed by atoms with E-state index in [0.29, 0.717) is 0 Å². The normalized spacial score (nSPS) is 11.8. The van der Waals surface area contributed by atoms with Crippen LogP contribution in [0.25, 0.3) is 0 Å². The summed E-state index contributed by atoms with van der Waals surface area (Å²) in [6.07, 6.45) is 7.43. The second-order valence-corrected chi connectivity index (χ2v) is 4.63. The largest absolute Gasteiger partial charge is 0.357 e. The van der Waals surface area contributed by atoms with Gasteiger partial charge in [-0.2, -0.15) is 0 Å². The monoisotopic (exact) mass is 273 g/mol. The molecule has 0 atom stereocenters. The minimum absolute atomic E-state index is 0.855. The van der Waals surface area contributed by atoms with Gasteiger partial charge in [0.2, 0.25) is 0 Å². The van der Waals surface area contributed by atoms with Gasteiger partial charge in [-0.05, 0) is 38.7 Å². The number of allylic oxidation sites excluding steroid dienone is 1. The molecule has 3 nitrogen and oxygen atoms in total. The molecule has 3 heteroatoms. The smallest absolute Gasteiger partial charge is 0.191 e. The van der Waals surface area contributed by atoms with Gasteiger partial charge in [-0.1, -0.05) is 42.5 Å². The third-order valence-corrected chi connectivity index (χ3v) is 2.92. The predicted octanol–water partition coefficient (Wildman–Crippen LogP) is 3.14. The Kier molecular flexibility index (Phi) is 9.03. The van der Waals surface area contributed by atoms with Gasteiger partial charge in [0.1, 0.15) is 0 Å². The van der Waals surface area contributed by atoms with E-state index in [2.05, 4.69) is 65.0 Å². The van der Waals surface area contributed by atoms with Crippen LogP contribution >= 0.6 is 0 Å². The molecule has 0 saturated heterocycles. The zero-order valence-corrected chi connectivity index (χ0v) is 12.7. The van der Waals surface area contributed by atoms with Crippen molar-refractivity contribution < 1.29 is 0 Å². The lowest BCUT2D eigenvalue weighted by Gasteiger charge is -2.10. The molecule has 0 fully saturated rings. The van der Waals surface area contributed by atoms with E-state index in [9.17, 15) is 0 Å². The summed E-state index contributed by atoms with van der Waals surface area (Å²) in [5, 5.41) is 6.61. The number of aliphatic imine (C=N–C) groups is 1. The molecule has 0 amide bonds. The maximum atomic E-state index is 4.60. The lowest BCUT2D eigenvalue weighted by atomic mass is 10.1. The Morgan fingerprint density at radius 1 is 1.20 bits per heavy atom. The van der Waals surface area contributed by atoms with Crippen LogP contribution in [0, 0.1) is 0 Å². The summed E-state index contributed by atoms with van der Waals surface area (Å²) in [5.41, 5.74) is 1.38. The van der Waals surface area contributed by atoms with Crippen LogP contribution in [0.2, 0.25) is 0 Å². The van der Waals surface area contributed by atoms with E-state index in [1.54, 1.807) is 0 Å². The second kappa shape index (κ2) is 11.1. The van der Waals surface area contributed by atoms with Gasteiger partial charge in [-0.25, -0.2) is 0 Å². The molecule has 1 rings (SSSR count). The topological polar surface area (TPSA) is 36.4 Å². The summed E-state index contributed by atoms with van der Waals surface area (Å²) >= 11 is 0. The van der Waals surface area contributed by atoms with Crippen molar-refractivity contribution in [3.63, 3.8) is 0 Å². The Balaban J connectivity index is 2.27. The molecule has 0 radical (unpaired) electrons. The lowest BCUT2D eigenvalue weighted by molar-refractivity contribution is 0.782. The Morgan fingerprint density at radius 2 is 2.00 bits per heavy atom. The van der Waals surface area contributed by atoms with Gasteiger partial charge in [0.05, 0.1) is 0 Å². The van der Waals surface area contributed by atoms with Crippen LogP contribution in [0.15, 0.2) is 47.5 Å². The maximum Gasteiger partial charge on any atom is 0.191 e. The Labute approximate surface area is 123 Å². The van der Waals surface area contributed by atoms with Crippen LogP contribution in [-0.2, 0) is 6.42 Å². The molecule has 0 aliphatic rings. The van der Waals surface area contributed by atoms with Gasteiger partial charge in [-0.3, -0.25) is 4.99 Å². The summed E-state index contributed by atoms with van der Waals surface area (Å²) in [5.74, 6) is 0.921. The van der Waals surface area contributed by atoms with E-state index in [0.717, 1.165) is 44.9 Å². The fourth-order valence-corrected chi connectivity index (χ4v) is 1.90. The average Bonchev–Trinajstić information content (AvgIpc) is 2.49. The number of guanidine groups is 1. The van der Waals surface area contributed by atoms with E-state index in [4.69, 9.17) is 0 Å². The van der Waals surface area contributed by atoms with E-state index in [1.807, 2.05) is 6.92 Å². The van der Waals surface area contributed by atoms with Crippen molar-refractivity contribution in [3.05, 3.63) is 48.0 Å². The molecule has 0 heterocycles. The highest BCUT2D eigenvalue weighted by Crippen LogP contribution is 2.02. The lowest BCUT2D eigenvalue weighted by Crippen LogP contribution is -2.37. The van der Waals surface area contributed by atoms with Crippen LogP contribution in [0.4, 0.5) is 0 Å². The van der Waals surface area contributed by atoms with Crippen molar-refractivity contribution in [2.24, 2.45) is 4.99 Å². The summed E-state index contributed by atoms with van der Waals surface area (Å²) in [6, 6.07) is 10.6. The minimum atomic E-state index is 0.855. The molecule has 0 aromatic heterocycles. The van der Waals surface area contributed by atoms with Crippen LogP contribution in [0.3, 0.4) is 0 Å². The molecule has 20 heavy (non-hydrogen) atoms. The van der Waals surface area contributed by atoms with Crippen LogP contribution < -0.4 is 10.6 Å². The molecule has 0 spiro atoms. The third-order valence-electron chi connectivity index (χ3n) is 2.92. The average molecular weight is 273 g/mol. The Bertz CT molecular complexity index is 396. The van der Waals surface area contributed by atoms with Crippen molar-refractivity contribution in [1.82, 2.24) is 10.6 Å². The molecule has 110 valence electrons. The van der Waals surface area contributed by atoms with Crippen LogP contribution in [0.1, 0.15) is 32.3 Å². The van der Waals surface area contributed by atoms with E-state index in [-0.39, 0.29) is 0 Å². The highest BCUT2D eigenvalue weighted by molar-refractivity contribution is 5.79. The maximum absolute atomic E-state index is 4.60. The van der Waals surface area contributed by atoms with Gasteiger partial charge in [-0.15, -0.1) is 0 Å². The van der Waals surface area contributed by atoms with Gasteiger partial charge < -0.3 is 10.6 Å². The minimum Gasteiger partial charge on any atom is -0.357 e. The van der Waals surface area contributed by atoms with Crippen molar-refractivity contribution >= 4 is 5.96 Å². The van der Waals surface area contributed by atoms with Crippen LogP contribution in [-0.4, -0.2) is 25.6 Å². The number of rotatable bonds is 8. The first-order valence-electron chi connectivity index (χ1n) is 7.54.